The van der Waals surface area contributed by atoms with Crippen molar-refractivity contribution in [1.29, 1.82) is 0 Å². The minimum atomic E-state index is -3.65. The Morgan fingerprint density at radius 2 is 1.89 bits per heavy atom. The molecule has 1 aliphatic carbocycles. The van der Waals surface area contributed by atoms with E-state index in [1.807, 2.05) is 48.9 Å². The minimum absolute atomic E-state index is 0.0332. The van der Waals surface area contributed by atoms with Crippen LogP contribution in [0.25, 0.3) is 5.69 Å². The number of benzene rings is 2. The second kappa shape index (κ2) is 9.59. The second-order valence-electron chi connectivity index (χ2n) is 9.59. The molecule has 3 aromatic rings. The van der Waals surface area contributed by atoms with Gasteiger partial charge in [0, 0.05) is 23.8 Å². The lowest BCUT2D eigenvalue weighted by Gasteiger charge is -2.32. The van der Waals surface area contributed by atoms with Crippen LogP contribution in [0.15, 0.2) is 53.4 Å². The summed E-state index contributed by atoms with van der Waals surface area (Å²) in [5.74, 6) is -0.285. The Bertz CT molecular complexity index is 1350. The van der Waals surface area contributed by atoms with E-state index in [4.69, 9.17) is 5.10 Å². The SMILES string of the molecule is Cc1ccc(S(=O)(=O)N2CCCC[C@@H]2C)cc1C(=O)NCc1nn(-c2ccccc2)c2c1CCC2. The highest BCUT2D eigenvalue weighted by Crippen LogP contribution is 2.29. The van der Waals surface area contributed by atoms with Crippen LogP contribution >= 0.6 is 0 Å². The fourth-order valence-electron chi connectivity index (χ4n) is 5.27. The largest absolute Gasteiger partial charge is 0.346 e. The fourth-order valence-corrected chi connectivity index (χ4v) is 6.99. The van der Waals surface area contributed by atoms with Gasteiger partial charge < -0.3 is 5.32 Å². The van der Waals surface area contributed by atoms with Crippen molar-refractivity contribution in [2.75, 3.05) is 6.54 Å². The van der Waals surface area contributed by atoms with E-state index in [0.717, 1.165) is 55.5 Å². The van der Waals surface area contributed by atoms with E-state index >= 15 is 0 Å². The molecule has 184 valence electrons. The third-order valence-corrected chi connectivity index (χ3v) is 9.24. The van der Waals surface area contributed by atoms with Gasteiger partial charge in [-0.05, 0) is 81.3 Å². The summed E-state index contributed by atoms with van der Waals surface area (Å²) in [6, 6.07) is 14.9. The lowest BCUT2D eigenvalue weighted by atomic mass is 10.1. The van der Waals surface area contributed by atoms with Crippen LogP contribution < -0.4 is 5.32 Å². The molecule has 8 heteroatoms. The molecule has 2 aromatic carbocycles. The van der Waals surface area contributed by atoms with Crippen molar-refractivity contribution in [3.05, 3.63) is 76.6 Å². The molecular formula is C27H32N4O3S. The molecule has 2 aliphatic rings. The van der Waals surface area contributed by atoms with Gasteiger partial charge in [-0.2, -0.15) is 9.40 Å². The van der Waals surface area contributed by atoms with E-state index < -0.39 is 10.0 Å². The molecule has 0 spiro atoms. The summed E-state index contributed by atoms with van der Waals surface area (Å²) in [4.78, 5) is 13.4. The standard InChI is InChI=1S/C27H32N4O3S/c1-19-14-15-22(35(33,34)30-16-7-6-9-20(30)2)17-24(19)27(32)28-18-25-23-12-8-13-26(23)31(29-25)21-10-4-3-5-11-21/h3-5,10-11,14-15,17,20H,6-9,12-13,16,18H2,1-2H3,(H,28,32)/t20-/m0/s1. The Morgan fingerprint density at radius 3 is 2.66 bits per heavy atom. The molecule has 1 fully saturated rings. The van der Waals surface area contributed by atoms with E-state index in [1.165, 1.54) is 17.3 Å². The zero-order valence-corrected chi connectivity index (χ0v) is 21.1. The Hall–Kier alpha value is -2.97. The summed E-state index contributed by atoms with van der Waals surface area (Å²) < 4.78 is 30.2. The van der Waals surface area contributed by atoms with Crippen LogP contribution in [-0.2, 0) is 29.4 Å². The van der Waals surface area contributed by atoms with Gasteiger partial charge in [0.1, 0.15) is 0 Å². The predicted molar refractivity (Wildman–Crippen MR) is 135 cm³/mol. The molecule has 0 saturated carbocycles. The molecular weight excluding hydrogens is 460 g/mol. The number of aryl methyl sites for hydroxylation is 1. The van der Waals surface area contributed by atoms with Crippen LogP contribution in [0, 0.1) is 6.92 Å². The zero-order chi connectivity index (χ0) is 24.6. The molecule has 5 rings (SSSR count). The number of carbonyl (C=O) groups is 1. The first-order valence-corrected chi connectivity index (χ1v) is 13.9. The number of nitrogens with one attached hydrogen (secondary N) is 1. The van der Waals surface area contributed by atoms with Gasteiger partial charge in [-0.3, -0.25) is 4.79 Å². The minimum Gasteiger partial charge on any atom is -0.346 e. The molecule has 0 radical (unpaired) electrons. The van der Waals surface area contributed by atoms with Crippen LogP contribution in [0.1, 0.15) is 65.5 Å². The first-order valence-electron chi connectivity index (χ1n) is 12.4. The number of fused-ring (bicyclic) bond motifs is 1. The van der Waals surface area contributed by atoms with Gasteiger partial charge >= 0.3 is 0 Å². The highest BCUT2D eigenvalue weighted by molar-refractivity contribution is 7.89. The molecule has 1 atom stereocenters. The van der Waals surface area contributed by atoms with Crippen LogP contribution in [0.2, 0.25) is 0 Å². The Morgan fingerprint density at radius 1 is 1.09 bits per heavy atom. The van der Waals surface area contributed by atoms with Gasteiger partial charge in [-0.15, -0.1) is 0 Å². The number of carbonyl (C=O) groups excluding carboxylic acids is 1. The number of rotatable bonds is 6. The molecule has 35 heavy (non-hydrogen) atoms. The second-order valence-corrected chi connectivity index (χ2v) is 11.5. The lowest BCUT2D eigenvalue weighted by Crippen LogP contribution is -2.42. The maximum Gasteiger partial charge on any atom is 0.251 e. The van der Waals surface area contributed by atoms with Crippen molar-refractivity contribution in [3.63, 3.8) is 0 Å². The van der Waals surface area contributed by atoms with Gasteiger partial charge in [0.15, 0.2) is 0 Å². The first kappa shape index (κ1) is 23.8. The molecule has 0 bridgehead atoms. The maximum absolute atomic E-state index is 13.3. The Labute approximate surface area is 207 Å². The number of hydrogen-bond donors (Lipinski definition) is 1. The van der Waals surface area contributed by atoms with Crippen molar-refractivity contribution in [2.24, 2.45) is 0 Å². The van der Waals surface area contributed by atoms with E-state index in [9.17, 15) is 13.2 Å². The summed E-state index contributed by atoms with van der Waals surface area (Å²) in [7, 11) is -3.65. The quantitative estimate of drug-likeness (QED) is 0.560. The summed E-state index contributed by atoms with van der Waals surface area (Å²) in [5, 5.41) is 7.81. The van der Waals surface area contributed by atoms with Crippen LogP contribution in [0.5, 0.6) is 0 Å². The predicted octanol–water partition coefficient (Wildman–Crippen LogP) is 4.16. The summed E-state index contributed by atoms with van der Waals surface area (Å²) >= 11 is 0. The van der Waals surface area contributed by atoms with Gasteiger partial charge in [-0.25, -0.2) is 13.1 Å². The number of nitrogens with zero attached hydrogens (tertiary/aromatic N) is 3. The molecule has 0 unspecified atom stereocenters. The highest BCUT2D eigenvalue weighted by atomic mass is 32.2. The Kier molecular flexibility index (Phi) is 6.51. The molecule has 1 aliphatic heterocycles. The smallest absolute Gasteiger partial charge is 0.251 e. The number of aromatic nitrogens is 2. The normalized spacial score (nSPS) is 18.4. The number of amides is 1. The van der Waals surface area contributed by atoms with Crippen LogP contribution in [0.4, 0.5) is 0 Å². The van der Waals surface area contributed by atoms with Crippen molar-refractivity contribution >= 4 is 15.9 Å². The van der Waals surface area contributed by atoms with E-state index in [0.29, 0.717) is 18.7 Å². The summed E-state index contributed by atoms with van der Waals surface area (Å²) in [6.45, 7) is 4.61. The topological polar surface area (TPSA) is 84.3 Å². The molecule has 1 saturated heterocycles. The molecule has 7 nitrogen and oxygen atoms in total. The van der Waals surface area contributed by atoms with Crippen LogP contribution in [0.3, 0.4) is 0 Å². The highest BCUT2D eigenvalue weighted by Gasteiger charge is 2.31. The van der Waals surface area contributed by atoms with Gasteiger partial charge in [0.2, 0.25) is 10.0 Å². The molecule has 1 N–H and O–H groups in total. The molecule has 1 aromatic heterocycles. The number of sulfonamides is 1. The number of para-hydroxylation sites is 1. The lowest BCUT2D eigenvalue weighted by molar-refractivity contribution is 0.0949. The monoisotopic (exact) mass is 492 g/mol. The average molecular weight is 493 g/mol. The van der Waals surface area contributed by atoms with Gasteiger partial charge in [0.25, 0.3) is 5.91 Å². The molecule has 1 amide bonds. The van der Waals surface area contributed by atoms with Gasteiger partial charge in [0.05, 0.1) is 22.8 Å². The van der Waals surface area contributed by atoms with Gasteiger partial charge in [-0.1, -0.05) is 30.7 Å². The van der Waals surface area contributed by atoms with E-state index in [2.05, 4.69) is 5.32 Å². The summed E-state index contributed by atoms with van der Waals surface area (Å²) in [5.41, 5.74) is 5.44. The molecule has 2 heterocycles. The van der Waals surface area contributed by atoms with E-state index in [1.54, 1.807) is 16.4 Å². The summed E-state index contributed by atoms with van der Waals surface area (Å²) in [6.07, 6.45) is 5.77. The third-order valence-electron chi connectivity index (χ3n) is 7.23. The van der Waals surface area contributed by atoms with E-state index in [-0.39, 0.29) is 16.8 Å². The number of piperidine rings is 1. The average Bonchev–Trinajstić information content (AvgIpc) is 3.47. The number of hydrogen-bond acceptors (Lipinski definition) is 4. The Balaban J connectivity index is 1.37. The van der Waals surface area contributed by atoms with Crippen molar-refractivity contribution in [1.82, 2.24) is 19.4 Å². The zero-order valence-electron chi connectivity index (χ0n) is 20.3. The van der Waals surface area contributed by atoms with Crippen LogP contribution in [-0.4, -0.2) is 41.0 Å². The third kappa shape index (κ3) is 4.52. The van der Waals surface area contributed by atoms with Crippen molar-refractivity contribution in [3.8, 4) is 5.69 Å². The maximum atomic E-state index is 13.3. The van der Waals surface area contributed by atoms with Crippen molar-refractivity contribution < 1.29 is 13.2 Å². The fraction of sp³-hybridized carbons (Fsp3) is 0.407. The van der Waals surface area contributed by atoms with Crippen molar-refractivity contribution in [2.45, 2.75) is 69.9 Å². The first-order chi connectivity index (χ1) is 16.9.